The second kappa shape index (κ2) is 6.26. The first-order valence-corrected chi connectivity index (χ1v) is 7.73. The van der Waals surface area contributed by atoms with Crippen molar-refractivity contribution < 1.29 is 10.0 Å². The highest BCUT2D eigenvalue weighted by atomic mass is 79.9. The van der Waals surface area contributed by atoms with Gasteiger partial charge >= 0.3 is 0 Å². The molecule has 0 bridgehead atoms. The number of carbonyl (C=O) groups is 1. The monoisotopic (exact) mass is 371 g/mol. The highest BCUT2D eigenvalue weighted by Gasteiger charge is 2.19. The zero-order chi connectivity index (χ0) is 16.4. The maximum absolute atomic E-state index is 12.5. The summed E-state index contributed by atoms with van der Waals surface area (Å²) in [5.74, 6) is -0.467. The molecule has 2 N–H and O–H groups in total. The second-order valence-electron chi connectivity index (χ2n) is 5.08. The molecule has 2 aromatic carbocycles. The van der Waals surface area contributed by atoms with Gasteiger partial charge in [-0.15, -0.1) is 0 Å². The van der Waals surface area contributed by atoms with E-state index < -0.39 is 5.91 Å². The van der Waals surface area contributed by atoms with Crippen LogP contribution in [0.1, 0.15) is 5.56 Å². The number of amides is 1. The molecule has 0 fully saturated rings. The van der Waals surface area contributed by atoms with Crippen LogP contribution in [0, 0.1) is 0 Å². The number of hydrogen-bond donors (Lipinski definition) is 2. The van der Waals surface area contributed by atoms with Gasteiger partial charge in [0.2, 0.25) is 0 Å². The third kappa shape index (κ3) is 2.98. The quantitative estimate of drug-likeness (QED) is 0.418. The van der Waals surface area contributed by atoms with Gasteiger partial charge in [-0.3, -0.25) is 4.79 Å². The van der Waals surface area contributed by atoms with Gasteiger partial charge in [0.15, 0.2) is 5.71 Å². The number of aromatic nitrogens is 1. The summed E-state index contributed by atoms with van der Waals surface area (Å²) in [6.07, 6.45) is 1.78. The maximum atomic E-state index is 12.5. The van der Waals surface area contributed by atoms with E-state index in [9.17, 15) is 10.0 Å². The van der Waals surface area contributed by atoms with E-state index in [0.717, 1.165) is 15.4 Å². The molecule has 0 saturated carbocycles. The van der Waals surface area contributed by atoms with Gasteiger partial charge < -0.3 is 15.1 Å². The molecule has 0 spiro atoms. The molecule has 116 valence electrons. The lowest BCUT2D eigenvalue weighted by Gasteiger charge is -2.06. The van der Waals surface area contributed by atoms with Gasteiger partial charge in [-0.2, -0.15) is 0 Å². The average Bonchev–Trinajstić information content (AvgIpc) is 2.88. The normalized spacial score (nSPS) is 11.7. The van der Waals surface area contributed by atoms with E-state index in [-0.39, 0.29) is 5.71 Å². The Hall–Kier alpha value is -2.60. The Kier molecular flexibility index (Phi) is 4.16. The molecule has 0 saturated heterocycles. The number of oxime groups is 1. The van der Waals surface area contributed by atoms with Crippen LogP contribution in [0.25, 0.3) is 10.9 Å². The number of halogens is 1. The van der Waals surface area contributed by atoms with E-state index in [1.54, 1.807) is 18.3 Å². The molecular formula is C17H14BrN3O2. The van der Waals surface area contributed by atoms with Crippen molar-refractivity contribution in [2.75, 3.05) is 5.32 Å². The number of para-hydroxylation sites is 1. The smallest absolute Gasteiger partial charge is 0.278 e. The first-order valence-electron chi connectivity index (χ1n) is 6.93. The van der Waals surface area contributed by atoms with Gasteiger partial charge in [0.05, 0.1) is 0 Å². The molecule has 3 aromatic rings. The number of anilines is 1. The summed E-state index contributed by atoms with van der Waals surface area (Å²) in [5, 5.41) is 16.2. The Morgan fingerprint density at radius 1 is 1.17 bits per heavy atom. The summed E-state index contributed by atoms with van der Waals surface area (Å²) in [7, 11) is 1.88. The Bertz CT molecular complexity index is 898. The fraction of sp³-hybridized carbons (Fsp3) is 0.0588. The standard InChI is InChI=1S/C17H14BrN3O2/c1-21-10-14(13-4-2-3-5-15(13)21)16(20-23)17(22)19-12-8-6-11(18)7-9-12/h2-10,23H,1H3,(H,19,22)/b20-16+. The molecular weight excluding hydrogens is 358 g/mol. The van der Waals surface area contributed by atoms with Crippen molar-refractivity contribution in [3.8, 4) is 0 Å². The Morgan fingerprint density at radius 2 is 1.87 bits per heavy atom. The predicted octanol–water partition coefficient (Wildman–Crippen LogP) is 3.76. The molecule has 1 amide bonds. The minimum absolute atomic E-state index is 0.0234. The molecule has 0 atom stereocenters. The molecule has 3 rings (SSSR count). The van der Waals surface area contributed by atoms with Crippen LogP contribution >= 0.6 is 15.9 Å². The van der Waals surface area contributed by atoms with Gasteiger partial charge in [0, 0.05) is 39.9 Å². The summed E-state index contributed by atoms with van der Waals surface area (Å²) in [5.41, 5.74) is 2.14. The zero-order valence-corrected chi connectivity index (χ0v) is 13.9. The lowest BCUT2D eigenvalue weighted by Crippen LogP contribution is -2.23. The first-order chi connectivity index (χ1) is 11.1. The molecule has 0 aliphatic heterocycles. The van der Waals surface area contributed by atoms with E-state index >= 15 is 0 Å². The largest absolute Gasteiger partial charge is 0.410 e. The van der Waals surface area contributed by atoms with Crippen molar-refractivity contribution in [2.24, 2.45) is 12.2 Å². The molecule has 0 aliphatic carbocycles. The molecule has 6 heteroatoms. The van der Waals surface area contributed by atoms with Gasteiger partial charge in [-0.25, -0.2) is 0 Å². The number of benzene rings is 2. The molecule has 5 nitrogen and oxygen atoms in total. The predicted molar refractivity (Wildman–Crippen MR) is 94.0 cm³/mol. The van der Waals surface area contributed by atoms with Crippen LogP contribution in [0.2, 0.25) is 0 Å². The van der Waals surface area contributed by atoms with Crippen molar-refractivity contribution in [1.82, 2.24) is 4.57 Å². The van der Waals surface area contributed by atoms with Crippen molar-refractivity contribution in [3.63, 3.8) is 0 Å². The van der Waals surface area contributed by atoms with Crippen LogP contribution in [0.5, 0.6) is 0 Å². The van der Waals surface area contributed by atoms with E-state index in [1.165, 1.54) is 0 Å². The number of rotatable bonds is 3. The highest BCUT2D eigenvalue weighted by molar-refractivity contribution is 9.10. The van der Waals surface area contributed by atoms with Crippen molar-refractivity contribution in [2.45, 2.75) is 0 Å². The summed E-state index contributed by atoms with van der Waals surface area (Å²) in [6.45, 7) is 0. The van der Waals surface area contributed by atoms with Gasteiger partial charge in [0.1, 0.15) is 0 Å². The Morgan fingerprint density at radius 3 is 2.57 bits per heavy atom. The lowest BCUT2D eigenvalue weighted by atomic mass is 10.1. The summed E-state index contributed by atoms with van der Waals surface area (Å²) >= 11 is 3.34. The minimum atomic E-state index is -0.467. The van der Waals surface area contributed by atoms with Crippen molar-refractivity contribution >= 4 is 44.1 Å². The number of nitrogens with one attached hydrogen (secondary N) is 1. The fourth-order valence-corrected chi connectivity index (χ4v) is 2.74. The summed E-state index contributed by atoms with van der Waals surface area (Å²) < 4.78 is 2.81. The lowest BCUT2D eigenvalue weighted by molar-refractivity contribution is -0.110. The number of carbonyl (C=O) groups excluding carboxylic acids is 1. The van der Waals surface area contributed by atoms with Crippen LogP contribution < -0.4 is 5.32 Å². The molecule has 1 heterocycles. The maximum Gasteiger partial charge on any atom is 0.278 e. The van der Waals surface area contributed by atoms with Crippen LogP contribution in [0.3, 0.4) is 0 Å². The number of aryl methyl sites for hydroxylation is 1. The van der Waals surface area contributed by atoms with E-state index in [2.05, 4.69) is 26.4 Å². The SMILES string of the molecule is Cn1cc(/C(=N\O)C(=O)Nc2ccc(Br)cc2)c2ccccc21. The third-order valence-electron chi connectivity index (χ3n) is 3.57. The molecule has 0 unspecified atom stereocenters. The van der Waals surface area contributed by atoms with Gasteiger partial charge in [0.25, 0.3) is 5.91 Å². The first kappa shape index (κ1) is 15.3. The van der Waals surface area contributed by atoms with E-state index in [1.807, 2.05) is 48.0 Å². The number of fused-ring (bicyclic) bond motifs is 1. The van der Waals surface area contributed by atoms with Crippen LogP contribution in [0.4, 0.5) is 5.69 Å². The van der Waals surface area contributed by atoms with E-state index in [4.69, 9.17) is 0 Å². The Labute approximate surface area is 141 Å². The molecule has 23 heavy (non-hydrogen) atoms. The Balaban J connectivity index is 1.95. The third-order valence-corrected chi connectivity index (χ3v) is 4.10. The minimum Gasteiger partial charge on any atom is -0.410 e. The van der Waals surface area contributed by atoms with Gasteiger partial charge in [-0.05, 0) is 30.3 Å². The highest BCUT2D eigenvalue weighted by Crippen LogP contribution is 2.22. The number of hydrogen-bond acceptors (Lipinski definition) is 3. The average molecular weight is 372 g/mol. The fourth-order valence-electron chi connectivity index (χ4n) is 2.48. The van der Waals surface area contributed by atoms with Crippen LogP contribution in [0.15, 0.2) is 64.4 Å². The molecule has 1 aromatic heterocycles. The van der Waals surface area contributed by atoms with Crippen LogP contribution in [-0.4, -0.2) is 21.4 Å². The van der Waals surface area contributed by atoms with Crippen molar-refractivity contribution in [1.29, 1.82) is 0 Å². The van der Waals surface area contributed by atoms with Gasteiger partial charge in [-0.1, -0.05) is 39.3 Å². The molecule has 0 aliphatic rings. The number of nitrogens with zero attached hydrogens (tertiary/aromatic N) is 2. The van der Waals surface area contributed by atoms with Crippen molar-refractivity contribution in [3.05, 3.63) is 64.8 Å². The second-order valence-corrected chi connectivity index (χ2v) is 6.00. The summed E-state index contributed by atoms with van der Waals surface area (Å²) in [4.78, 5) is 12.5. The van der Waals surface area contributed by atoms with Crippen LogP contribution in [-0.2, 0) is 11.8 Å². The summed E-state index contributed by atoms with van der Waals surface area (Å²) in [6, 6.07) is 14.8. The zero-order valence-electron chi connectivity index (χ0n) is 12.3. The van der Waals surface area contributed by atoms with E-state index in [0.29, 0.717) is 11.3 Å². The topological polar surface area (TPSA) is 66.6 Å². The molecule has 0 radical (unpaired) electrons.